The number of benzene rings is 1. The molecule has 20 heavy (non-hydrogen) atoms. The summed E-state index contributed by atoms with van der Waals surface area (Å²) < 4.78 is 13.2. The third kappa shape index (κ3) is 3.99. The van der Waals surface area contributed by atoms with E-state index in [1.807, 2.05) is 0 Å². The molecule has 2 unspecified atom stereocenters. The number of aliphatic hydroxyl groups is 1. The molecule has 0 bridgehead atoms. The van der Waals surface area contributed by atoms with Crippen molar-refractivity contribution >= 4 is 27.7 Å². The van der Waals surface area contributed by atoms with Crippen LogP contribution in [0.25, 0.3) is 0 Å². The maximum Gasteiger partial charge on any atom is 0.270 e. The van der Waals surface area contributed by atoms with Crippen LogP contribution in [-0.2, 0) is 4.79 Å². The summed E-state index contributed by atoms with van der Waals surface area (Å²) in [6.45, 7) is 1.30. The molecule has 3 N–H and O–H groups in total. The second kappa shape index (κ2) is 6.78. The summed E-state index contributed by atoms with van der Waals surface area (Å²) in [6.07, 6.45) is -1.20. The second-order valence-corrected chi connectivity index (χ2v) is 5.04. The molecule has 0 aromatic heterocycles. The summed E-state index contributed by atoms with van der Waals surface area (Å²) >= 11 is 2.94. The first-order valence-corrected chi connectivity index (χ1v) is 6.43. The molecule has 1 aromatic carbocycles. The van der Waals surface area contributed by atoms with Crippen LogP contribution in [0.15, 0.2) is 22.7 Å². The van der Waals surface area contributed by atoms with Gasteiger partial charge in [-0.25, -0.2) is 9.45 Å². The maximum absolute atomic E-state index is 13.1. The van der Waals surface area contributed by atoms with Crippen molar-refractivity contribution in [1.29, 1.82) is 0 Å². The highest BCUT2D eigenvalue weighted by atomic mass is 79.9. The highest BCUT2D eigenvalue weighted by Crippen LogP contribution is 2.17. The van der Waals surface area contributed by atoms with Gasteiger partial charge in [-0.15, -0.1) is 0 Å². The monoisotopic (exact) mass is 348 g/mol. The van der Waals surface area contributed by atoms with Crippen LogP contribution in [0.1, 0.15) is 17.3 Å². The number of nitrogens with one attached hydrogen (secondary N) is 1. The Morgan fingerprint density at radius 3 is 2.50 bits per heavy atom. The van der Waals surface area contributed by atoms with E-state index in [2.05, 4.69) is 21.2 Å². The summed E-state index contributed by atoms with van der Waals surface area (Å²) in [5, 5.41) is 21.1. The number of carbonyl (C=O) groups is 2. The van der Waals surface area contributed by atoms with Gasteiger partial charge >= 0.3 is 0 Å². The molecule has 0 aliphatic rings. The SMILES string of the molecule is CC(O)C(NC(=O)c1ccc(F)c(Br)c1)C(=O)N(C)O. The number of carbonyl (C=O) groups excluding carboxylic acids is 2. The zero-order valence-electron chi connectivity index (χ0n) is 10.8. The average Bonchev–Trinajstić information content (AvgIpc) is 2.37. The lowest BCUT2D eigenvalue weighted by atomic mass is 10.1. The van der Waals surface area contributed by atoms with Gasteiger partial charge < -0.3 is 10.4 Å². The highest BCUT2D eigenvalue weighted by molar-refractivity contribution is 9.10. The van der Waals surface area contributed by atoms with Crippen molar-refractivity contribution in [2.24, 2.45) is 0 Å². The molecule has 0 heterocycles. The number of amides is 2. The van der Waals surface area contributed by atoms with E-state index in [1.54, 1.807) is 0 Å². The number of hydroxylamine groups is 2. The minimum Gasteiger partial charge on any atom is -0.391 e. The van der Waals surface area contributed by atoms with Crippen molar-refractivity contribution in [1.82, 2.24) is 10.4 Å². The van der Waals surface area contributed by atoms with Gasteiger partial charge in [0.1, 0.15) is 11.9 Å². The minimum atomic E-state index is -1.30. The van der Waals surface area contributed by atoms with E-state index in [4.69, 9.17) is 5.21 Å². The summed E-state index contributed by atoms with van der Waals surface area (Å²) in [7, 11) is 1.08. The van der Waals surface area contributed by atoms with Crippen LogP contribution in [-0.4, -0.2) is 46.4 Å². The normalized spacial score (nSPS) is 13.5. The van der Waals surface area contributed by atoms with Crippen LogP contribution in [0.3, 0.4) is 0 Å². The van der Waals surface area contributed by atoms with Crippen molar-refractivity contribution in [3.8, 4) is 0 Å². The zero-order chi connectivity index (χ0) is 15.4. The summed E-state index contributed by atoms with van der Waals surface area (Å²) in [4.78, 5) is 23.5. The molecule has 1 rings (SSSR count). The largest absolute Gasteiger partial charge is 0.391 e. The average molecular weight is 349 g/mol. The third-order valence-electron chi connectivity index (χ3n) is 2.54. The molecule has 2 amide bonds. The standard InChI is InChI=1S/C12H14BrFN2O4/c1-6(17)10(12(19)16(2)20)15-11(18)7-3-4-9(14)8(13)5-7/h3-6,10,17,20H,1-2H3,(H,15,18). The van der Waals surface area contributed by atoms with Crippen LogP contribution in [0, 0.1) is 5.82 Å². The van der Waals surface area contributed by atoms with Gasteiger partial charge in [0.15, 0.2) is 0 Å². The molecule has 0 spiro atoms. The molecule has 110 valence electrons. The molecule has 0 fully saturated rings. The molecule has 0 saturated heterocycles. The fourth-order valence-corrected chi connectivity index (χ4v) is 1.83. The number of nitrogens with zero attached hydrogens (tertiary/aromatic N) is 1. The Hall–Kier alpha value is -1.51. The topological polar surface area (TPSA) is 89.9 Å². The molecule has 0 aliphatic carbocycles. The Morgan fingerprint density at radius 2 is 2.05 bits per heavy atom. The first-order valence-electron chi connectivity index (χ1n) is 5.64. The number of halogens is 2. The molecular weight excluding hydrogens is 335 g/mol. The number of likely N-dealkylation sites (N-methyl/N-ethyl adjacent to an activating group) is 1. The van der Waals surface area contributed by atoms with Crippen molar-refractivity contribution < 1.29 is 24.3 Å². The third-order valence-corrected chi connectivity index (χ3v) is 3.14. The van der Waals surface area contributed by atoms with Crippen molar-refractivity contribution in [2.45, 2.75) is 19.1 Å². The number of hydrogen-bond donors (Lipinski definition) is 3. The fraction of sp³-hybridized carbons (Fsp3) is 0.333. The predicted molar refractivity (Wildman–Crippen MR) is 71.6 cm³/mol. The number of aliphatic hydroxyl groups excluding tert-OH is 1. The van der Waals surface area contributed by atoms with Crippen LogP contribution < -0.4 is 5.32 Å². The Balaban J connectivity index is 2.91. The first kappa shape index (κ1) is 16.5. The van der Waals surface area contributed by atoms with E-state index in [-0.39, 0.29) is 15.1 Å². The lowest BCUT2D eigenvalue weighted by molar-refractivity contribution is -0.164. The Bertz CT molecular complexity index is 522. The van der Waals surface area contributed by atoms with Crippen LogP contribution in [0.5, 0.6) is 0 Å². The second-order valence-electron chi connectivity index (χ2n) is 4.18. The predicted octanol–water partition coefficient (Wildman–Crippen LogP) is 0.915. The molecule has 2 atom stereocenters. The van der Waals surface area contributed by atoms with Crippen molar-refractivity contribution in [2.75, 3.05) is 7.05 Å². The number of hydrogen-bond acceptors (Lipinski definition) is 4. The van der Waals surface area contributed by atoms with Gasteiger partial charge in [-0.05, 0) is 41.1 Å². The van der Waals surface area contributed by atoms with Crippen molar-refractivity contribution in [3.05, 3.63) is 34.1 Å². The molecule has 8 heteroatoms. The molecular formula is C12H14BrFN2O4. The van der Waals surface area contributed by atoms with Crippen LogP contribution in [0.2, 0.25) is 0 Å². The Kier molecular flexibility index (Phi) is 5.61. The zero-order valence-corrected chi connectivity index (χ0v) is 12.4. The summed E-state index contributed by atoms with van der Waals surface area (Å²) in [5.74, 6) is -2.07. The van der Waals surface area contributed by atoms with Gasteiger partial charge in [0, 0.05) is 12.6 Å². The lowest BCUT2D eigenvalue weighted by Gasteiger charge is -2.22. The fourth-order valence-electron chi connectivity index (χ4n) is 1.45. The van der Waals surface area contributed by atoms with Crippen LogP contribution >= 0.6 is 15.9 Å². The van der Waals surface area contributed by atoms with Crippen molar-refractivity contribution in [3.63, 3.8) is 0 Å². The smallest absolute Gasteiger partial charge is 0.270 e. The molecule has 1 aromatic rings. The van der Waals surface area contributed by atoms with Gasteiger partial charge in [-0.2, -0.15) is 0 Å². The lowest BCUT2D eigenvalue weighted by Crippen LogP contribution is -2.52. The molecule has 0 radical (unpaired) electrons. The van der Waals surface area contributed by atoms with E-state index in [0.717, 1.165) is 13.1 Å². The van der Waals surface area contributed by atoms with E-state index in [9.17, 15) is 19.1 Å². The Morgan fingerprint density at radius 1 is 1.45 bits per heavy atom. The first-order chi connectivity index (χ1) is 9.23. The quantitative estimate of drug-likeness (QED) is 0.557. The van der Waals surface area contributed by atoms with Gasteiger partial charge in [-0.1, -0.05) is 0 Å². The highest BCUT2D eigenvalue weighted by Gasteiger charge is 2.28. The number of rotatable bonds is 4. The Labute approximate surface area is 123 Å². The van der Waals surface area contributed by atoms with E-state index in [1.165, 1.54) is 19.1 Å². The van der Waals surface area contributed by atoms with E-state index < -0.39 is 29.8 Å². The molecule has 0 aliphatic heterocycles. The molecule has 0 saturated carbocycles. The van der Waals surface area contributed by atoms with Gasteiger partial charge in [0.25, 0.3) is 11.8 Å². The van der Waals surface area contributed by atoms with Crippen LogP contribution in [0.4, 0.5) is 4.39 Å². The van der Waals surface area contributed by atoms with E-state index in [0.29, 0.717) is 0 Å². The maximum atomic E-state index is 13.1. The van der Waals surface area contributed by atoms with E-state index >= 15 is 0 Å². The minimum absolute atomic E-state index is 0.101. The van der Waals surface area contributed by atoms with Gasteiger partial charge in [0.2, 0.25) is 0 Å². The summed E-state index contributed by atoms with van der Waals surface area (Å²) in [5.41, 5.74) is 0.109. The van der Waals surface area contributed by atoms with Gasteiger partial charge in [-0.3, -0.25) is 14.8 Å². The molecule has 6 nitrogen and oxygen atoms in total. The van der Waals surface area contributed by atoms with Gasteiger partial charge in [0.05, 0.1) is 10.6 Å². The summed E-state index contributed by atoms with van der Waals surface area (Å²) in [6, 6.07) is 2.27.